The normalized spacial score (nSPS) is 17.3. The van der Waals surface area contributed by atoms with Crippen molar-refractivity contribution < 1.29 is 19.1 Å². The summed E-state index contributed by atoms with van der Waals surface area (Å²) in [6.45, 7) is 5.59. The first-order chi connectivity index (χ1) is 12.0. The second-order valence-corrected chi connectivity index (χ2v) is 6.41. The molecule has 1 aliphatic rings. The summed E-state index contributed by atoms with van der Waals surface area (Å²) in [5.74, 6) is 0. The molecule has 1 aromatic carbocycles. The van der Waals surface area contributed by atoms with Crippen LogP contribution in [-0.4, -0.2) is 49.4 Å². The maximum atomic E-state index is 12.2. The number of ether oxygens (including phenoxy) is 2. The van der Waals surface area contributed by atoms with E-state index in [9.17, 15) is 9.59 Å². The van der Waals surface area contributed by atoms with Crippen LogP contribution in [0.2, 0.25) is 0 Å². The molecule has 1 aliphatic heterocycles. The third kappa shape index (κ3) is 6.26. The van der Waals surface area contributed by atoms with Gasteiger partial charge in [-0.2, -0.15) is 0 Å². The van der Waals surface area contributed by atoms with Gasteiger partial charge in [-0.15, -0.1) is 0 Å². The molecule has 1 fully saturated rings. The molecule has 1 saturated heterocycles. The van der Waals surface area contributed by atoms with E-state index >= 15 is 0 Å². The molecule has 1 aromatic rings. The van der Waals surface area contributed by atoms with Gasteiger partial charge in [-0.1, -0.05) is 12.1 Å². The van der Waals surface area contributed by atoms with Gasteiger partial charge in [-0.3, -0.25) is 0 Å². The third-order valence-electron chi connectivity index (χ3n) is 3.96. The first-order valence-electron chi connectivity index (χ1n) is 8.59. The molecule has 1 atom stereocenters. The van der Waals surface area contributed by atoms with Crippen LogP contribution in [0.3, 0.4) is 0 Å². The Hall–Kier alpha value is -2.28. The number of benzene rings is 1. The minimum Gasteiger partial charge on any atom is -0.453 e. The molecule has 0 spiro atoms. The number of nitrogens with zero attached hydrogens (tertiary/aromatic N) is 1. The van der Waals surface area contributed by atoms with Gasteiger partial charge in [-0.05, 0) is 44.4 Å². The van der Waals surface area contributed by atoms with Crippen molar-refractivity contribution in [3.05, 3.63) is 29.8 Å². The highest BCUT2D eigenvalue weighted by atomic mass is 16.5. The number of amides is 3. The fourth-order valence-corrected chi connectivity index (χ4v) is 2.74. The van der Waals surface area contributed by atoms with Gasteiger partial charge in [0.05, 0.1) is 19.8 Å². The number of piperidine rings is 1. The van der Waals surface area contributed by atoms with Crippen molar-refractivity contribution in [2.45, 2.75) is 45.4 Å². The number of anilines is 1. The summed E-state index contributed by atoms with van der Waals surface area (Å²) in [7, 11) is 1.36. The second-order valence-electron chi connectivity index (χ2n) is 6.41. The van der Waals surface area contributed by atoms with Crippen LogP contribution in [0.4, 0.5) is 15.3 Å². The maximum absolute atomic E-state index is 12.2. The third-order valence-corrected chi connectivity index (χ3v) is 3.96. The van der Waals surface area contributed by atoms with Gasteiger partial charge >= 0.3 is 12.1 Å². The highest BCUT2D eigenvalue weighted by Crippen LogP contribution is 2.14. The molecule has 7 heteroatoms. The fourth-order valence-electron chi connectivity index (χ4n) is 2.74. The molecule has 1 heterocycles. The Labute approximate surface area is 148 Å². The molecule has 0 saturated carbocycles. The Morgan fingerprint density at radius 3 is 2.88 bits per heavy atom. The minimum atomic E-state index is -0.357. The van der Waals surface area contributed by atoms with Gasteiger partial charge in [-0.25, -0.2) is 9.59 Å². The van der Waals surface area contributed by atoms with Crippen molar-refractivity contribution in [1.82, 2.24) is 10.2 Å². The largest absolute Gasteiger partial charge is 0.453 e. The zero-order chi connectivity index (χ0) is 18.2. The molecule has 0 radical (unpaired) electrons. The Kier molecular flexibility index (Phi) is 7.06. The topological polar surface area (TPSA) is 79.9 Å². The predicted octanol–water partition coefficient (Wildman–Crippen LogP) is 2.96. The Morgan fingerprint density at radius 2 is 2.16 bits per heavy atom. The number of carbonyl (C=O) groups is 2. The van der Waals surface area contributed by atoms with E-state index in [0.717, 1.165) is 18.4 Å². The van der Waals surface area contributed by atoms with Crippen LogP contribution in [0.25, 0.3) is 0 Å². The van der Waals surface area contributed by atoms with Crippen molar-refractivity contribution in [3.8, 4) is 0 Å². The molecule has 3 amide bonds. The van der Waals surface area contributed by atoms with Crippen LogP contribution >= 0.6 is 0 Å². The van der Waals surface area contributed by atoms with Gasteiger partial charge in [0.2, 0.25) is 0 Å². The summed E-state index contributed by atoms with van der Waals surface area (Å²) in [6, 6.07) is 7.21. The monoisotopic (exact) mass is 349 g/mol. The van der Waals surface area contributed by atoms with Crippen LogP contribution in [0.15, 0.2) is 24.3 Å². The number of nitrogens with one attached hydrogen (secondary N) is 2. The molecule has 25 heavy (non-hydrogen) atoms. The van der Waals surface area contributed by atoms with E-state index in [1.165, 1.54) is 7.11 Å². The molecular weight excluding hydrogens is 322 g/mol. The highest BCUT2D eigenvalue weighted by Gasteiger charge is 2.25. The number of urea groups is 1. The van der Waals surface area contributed by atoms with Crippen molar-refractivity contribution in [2.75, 3.05) is 25.5 Å². The number of hydrogen-bond acceptors (Lipinski definition) is 4. The lowest BCUT2D eigenvalue weighted by molar-refractivity contribution is 0.0657. The van der Waals surface area contributed by atoms with E-state index in [1.54, 1.807) is 4.90 Å². The summed E-state index contributed by atoms with van der Waals surface area (Å²) in [5, 5.41) is 5.75. The molecule has 2 rings (SSSR count). The van der Waals surface area contributed by atoms with E-state index in [-0.39, 0.29) is 24.3 Å². The minimum absolute atomic E-state index is 0.0830. The van der Waals surface area contributed by atoms with E-state index < -0.39 is 0 Å². The summed E-state index contributed by atoms with van der Waals surface area (Å²) < 4.78 is 10.3. The predicted molar refractivity (Wildman–Crippen MR) is 95.5 cm³/mol. The molecule has 0 aromatic heterocycles. The van der Waals surface area contributed by atoms with Crippen LogP contribution < -0.4 is 10.6 Å². The molecule has 0 bridgehead atoms. The van der Waals surface area contributed by atoms with E-state index in [2.05, 4.69) is 10.6 Å². The molecule has 138 valence electrons. The van der Waals surface area contributed by atoms with Crippen LogP contribution in [-0.2, 0) is 16.1 Å². The maximum Gasteiger partial charge on any atom is 0.409 e. The summed E-state index contributed by atoms with van der Waals surface area (Å²) >= 11 is 0. The molecule has 0 unspecified atom stereocenters. The van der Waals surface area contributed by atoms with Crippen molar-refractivity contribution >= 4 is 17.8 Å². The number of methoxy groups -OCH3 is 1. The van der Waals surface area contributed by atoms with Crippen molar-refractivity contribution in [3.63, 3.8) is 0 Å². The van der Waals surface area contributed by atoms with Crippen LogP contribution in [0, 0.1) is 0 Å². The average molecular weight is 349 g/mol. The van der Waals surface area contributed by atoms with Gasteiger partial charge in [0, 0.05) is 24.8 Å². The first-order valence-corrected chi connectivity index (χ1v) is 8.59. The summed E-state index contributed by atoms with van der Waals surface area (Å²) in [5.41, 5.74) is 1.71. The number of hydrogen-bond donors (Lipinski definition) is 2. The second kappa shape index (κ2) is 9.27. The molecule has 7 nitrogen and oxygen atoms in total. The average Bonchev–Trinajstić information content (AvgIpc) is 2.59. The van der Waals surface area contributed by atoms with E-state index in [1.807, 2.05) is 38.1 Å². The van der Waals surface area contributed by atoms with Crippen LogP contribution in [0.1, 0.15) is 32.3 Å². The molecular formula is C18H27N3O4. The SMILES string of the molecule is COC(=O)N1CCC[C@H](NC(=O)Nc2cccc(COC(C)C)c2)C1. The lowest BCUT2D eigenvalue weighted by Crippen LogP contribution is -2.50. The van der Waals surface area contributed by atoms with E-state index in [0.29, 0.717) is 25.4 Å². The Bertz CT molecular complexity index is 591. The number of rotatable bonds is 5. The first kappa shape index (κ1) is 19.1. The zero-order valence-corrected chi connectivity index (χ0v) is 15.1. The number of likely N-dealkylation sites (tertiary alicyclic amines) is 1. The summed E-state index contributed by atoms with van der Waals surface area (Å²) in [6.07, 6.45) is 1.47. The fraction of sp³-hybridized carbons (Fsp3) is 0.556. The van der Waals surface area contributed by atoms with Gasteiger partial charge in [0.1, 0.15) is 0 Å². The number of carbonyl (C=O) groups excluding carboxylic acids is 2. The van der Waals surface area contributed by atoms with Crippen LogP contribution in [0.5, 0.6) is 0 Å². The summed E-state index contributed by atoms with van der Waals surface area (Å²) in [4.78, 5) is 25.4. The highest BCUT2D eigenvalue weighted by molar-refractivity contribution is 5.89. The Balaban J connectivity index is 1.85. The Morgan fingerprint density at radius 1 is 1.36 bits per heavy atom. The molecule has 0 aliphatic carbocycles. The van der Waals surface area contributed by atoms with Gasteiger partial charge in [0.25, 0.3) is 0 Å². The lowest BCUT2D eigenvalue weighted by Gasteiger charge is -2.32. The lowest BCUT2D eigenvalue weighted by atomic mass is 10.1. The zero-order valence-electron chi connectivity index (χ0n) is 15.1. The van der Waals surface area contributed by atoms with Crippen molar-refractivity contribution in [1.29, 1.82) is 0 Å². The smallest absolute Gasteiger partial charge is 0.409 e. The van der Waals surface area contributed by atoms with Crippen molar-refractivity contribution in [2.24, 2.45) is 0 Å². The standard InChI is InChI=1S/C18H27N3O4/c1-13(2)25-12-14-6-4-7-15(10-14)19-17(22)20-16-8-5-9-21(11-16)18(23)24-3/h4,6-7,10,13,16H,5,8-9,11-12H2,1-3H3,(H2,19,20,22)/t16-/m0/s1. The van der Waals surface area contributed by atoms with Gasteiger partial charge < -0.3 is 25.0 Å². The van der Waals surface area contributed by atoms with E-state index in [4.69, 9.17) is 9.47 Å². The van der Waals surface area contributed by atoms with Gasteiger partial charge in [0.15, 0.2) is 0 Å². The quantitative estimate of drug-likeness (QED) is 0.856. The molecule has 2 N–H and O–H groups in total.